The van der Waals surface area contributed by atoms with Gasteiger partial charge in [0, 0.05) is 26.2 Å². The van der Waals surface area contributed by atoms with Gasteiger partial charge in [0.2, 0.25) is 0 Å². The van der Waals surface area contributed by atoms with Crippen molar-refractivity contribution in [1.29, 1.82) is 0 Å². The number of nitrogens with zero attached hydrogens (tertiary/aromatic N) is 2. The van der Waals surface area contributed by atoms with Crippen LogP contribution in [0.3, 0.4) is 0 Å². The fourth-order valence-electron chi connectivity index (χ4n) is 2.70. The predicted molar refractivity (Wildman–Crippen MR) is 91.7 cm³/mol. The Kier molecular flexibility index (Phi) is 10.3. The largest absolute Gasteiger partial charge is 0.389 e. The van der Waals surface area contributed by atoms with E-state index in [1.165, 1.54) is 0 Å². The van der Waals surface area contributed by atoms with Crippen molar-refractivity contribution in [2.45, 2.75) is 58.5 Å². The van der Waals surface area contributed by atoms with Crippen molar-refractivity contribution in [1.82, 2.24) is 9.80 Å². The first-order valence-corrected chi connectivity index (χ1v) is 8.90. The minimum atomic E-state index is -0.436. The van der Waals surface area contributed by atoms with E-state index in [4.69, 9.17) is 9.47 Å². The van der Waals surface area contributed by atoms with Gasteiger partial charge in [-0.25, -0.2) is 0 Å². The van der Waals surface area contributed by atoms with E-state index in [9.17, 15) is 10.2 Å². The van der Waals surface area contributed by atoms with Gasteiger partial charge in [0.05, 0.1) is 37.6 Å². The molecular weight excluding hydrogens is 296 g/mol. The number of β-amino-alcohol motifs (C(OH)–C–C–N with tert-alkyl or cyclic N) is 2. The standard InChI is InChI=1S/C17H36N2O4/c1-14(2)22-12-16(20)10-18-6-5-7-19(9-8-18)11-17(21)13-23-15(3)4/h14-17,20-21H,5-13H2,1-4H3. The molecule has 0 radical (unpaired) electrons. The Balaban J connectivity index is 2.24. The quantitative estimate of drug-likeness (QED) is 0.610. The predicted octanol–water partition coefficient (Wildman–Crippen LogP) is 0.566. The summed E-state index contributed by atoms with van der Waals surface area (Å²) < 4.78 is 10.9. The van der Waals surface area contributed by atoms with Crippen molar-refractivity contribution in [3.8, 4) is 0 Å². The molecule has 23 heavy (non-hydrogen) atoms. The van der Waals surface area contributed by atoms with E-state index < -0.39 is 12.2 Å². The number of aliphatic hydroxyl groups excluding tert-OH is 2. The number of ether oxygens (including phenoxy) is 2. The summed E-state index contributed by atoms with van der Waals surface area (Å²) in [7, 11) is 0. The Morgan fingerprint density at radius 1 is 0.739 bits per heavy atom. The number of hydrogen-bond donors (Lipinski definition) is 2. The summed E-state index contributed by atoms with van der Waals surface area (Å²) in [6, 6.07) is 0. The number of hydrogen-bond acceptors (Lipinski definition) is 6. The van der Waals surface area contributed by atoms with Gasteiger partial charge in [0.25, 0.3) is 0 Å². The molecule has 1 aliphatic heterocycles. The van der Waals surface area contributed by atoms with E-state index in [1.807, 2.05) is 27.7 Å². The van der Waals surface area contributed by atoms with Crippen LogP contribution in [0.1, 0.15) is 34.1 Å². The average molecular weight is 332 g/mol. The zero-order chi connectivity index (χ0) is 17.2. The zero-order valence-electron chi connectivity index (χ0n) is 15.3. The Morgan fingerprint density at radius 2 is 1.13 bits per heavy atom. The van der Waals surface area contributed by atoms with Gasteiger partial charge in [-0.15, -0.1) is 0 Å². The Bertz CT molecular complexity index is 274. The fraction of sp³-hybridized carbons (Fsp3) is 1.00. The van der Waals surface area contributed by atoms with Crippen molar-refractivity contribution in [2.24, 2.45) is 0 Å². The highest BCUT2D eigenvalue weighted by Gasteiger charge is 2.19. The maximum absolute atomic E-state index is 10.0. The summed E-state index contributed by atoms with van der Waals surface area (Å²) >= 11 is 0. The van der Waals surface area contributed by atoms with Crippen LogP contribution in [0.15, 0.2) is 0 Å². The summed E-state index contributed by atoms with van der Waals surface area (Å²) in [6.07, 6.45) is 0.482. The van der Waals surface area contributed by atoms with E-state index in [-0.39, 0.29) is 12.2 Å². The second kappa shape index (κ2) is 11.3. The van der Waals surface area contributed by atoms with Crippen molar-refractivity contribution in [2.75, 3.05) is 52.5 Å². The van der Waals surface area contributed by atoms with Crippen LogP contribution < -0.4 is 0 Å². The smallest absolute Gasteiger partial charge is 0.0900 e. The third-order valence-corrected chi connectivity index (χ3v) is 3.86. The van der Waals surface area contributed by atoms with Crippen LogP contribution in [0.2, 0.25) is 0 Å². The zero-order valence-corrected chi connectivity index (χ0v) is 15.3. The first-order valence-electron chi connectivity index (χ1n) is 8.90. The summed E-state index contributed by atoms with van der Waals surface area (Å²) in [5.41, 5.74) is 0. The molecular formula is C17H36N2O4. The molecule has 0 amide bonds. The molecule has 2 unspecified atom stereocenters. The van der Waals surface area contributed by atoms with Crippen LogP contribution in [0.25, 0.3) is 0 Å². The topological polar surface area (TPSA) is 65.4 Å². The first kappa shape index (κ1) is 20.8. The monoisotopic (exact) mass is 332 g/mol. The highest BCUT2D eigenvalue weighted by atomic mass is 16.5. The minimum absolute atomic E-state index is 0.152. The normalized spacial score (nSPS) is 20.9. The second-order valence-corrected chi connectivity index (χ2v) is 7.03. The van der Waals surface area contributed by atoms with Gasteiger partial charge in [0.1, 0.15) is 0 Å². The second-order valence-electron chi connectivity index (χ2n) is 7.03. The summed E-state index contributed by atoms with van der Waals surface area (Å²) in [5.74, 6) is 0. The lowest BCUT2D eigenvalue weighted by Gasteiger charge is -2.25. The molecule has 0 spiro atoms. The molecule has 0 aromatic heterocycles. The lowest BCUT2D eigenvalue weighted by Crippen LogP contribution is -2.40. The molecule has 0 aromatic carbocycles. The van der Waals surface area contributed by atoms with Crippen LogP contribution in [0, 0.1) is 0 Å². The fourth-order valence-corrected chi connectivity index (χ4v) is 2.70. The van der Waals surface area contributed by atoms with Gasteiger partial charge in [-0.05, 0) is 47.2 Å². The lowest BCUT2D eigenvalue weighted by molar-refractivity contribution is -0.0111. The highest BCUT2D eigenvalue weighted by molar-refractivity contribution is 4.74. The minimum Gasteiger partial charge on any atom is -0.389 e. The molecule has 1 fully saturated rings. The molecule has 2 N–H and O–H groups in total. The molecule has 1 aliphatic rings. The van der Waals surface area contributed by atoms with Crippen molar-refractivity contribution in [3.05, 3.63) is 0 Å². The molecule has 138 valence electrons. The van der Waals surface area contributed by atoms with Crippen LogP contribution in [-0.2, 0) is 9.47 Å². The third kappa shape index (κ3) is 10.3. The van der Waals surface area contributed by atoms with E-state index in [1.54, 1.807) is 0 Å². The molecule has 6 nitrogen and oxygen atoms in total. The number of rotatable bonds is 10. The molecule has 6 heteroatoms. The van der Waals surface area contributed by atoms with E-state index in [2.05, 4.69) is 9.80 Å². The van der Waals surface area contributed by atoms with E-state index >= 15 is 0 Å². The lowest BCUT2D eigenvalue weighted by atomic mass is 10.3. The summed E-state index contributed by atoms with van der Waals surface area (Å²) in [5, 5.41) is 20.1. The molecule has 0 saturated carbocycles. The van der Waals surface area contributed by atoms with Crippen LogP contribution >= 0.6 is 0 Å². The van der Waals surface area contributed by atoms with Gasteiger partial charge < -0.3 is 19.7 Å². The maximum Gasteiger partial charge on any atom is 0.0900 e. The highest BCUT2D eigenvalue weighted by Crippen LogP contribution is 2.06. The van der Waals surface area contributed by atoms with Crippen LogP contribution in [-0.4, -0.2) is 96.9 Å². The van der Waals surface area contributed by atoms with Crippen molar-refractivity contribution < 1.29 is 19.7 Å². The molecule has 0 aromatic rings. The van der Waals surface area contributed by atoms with Crippen LogP contribution in [0.5, 0.6) is 0 Å². The third-order valence-electron chi connectivity index (χ3n) is 3.86. The van der Waals surface area contributed by atoms with Gasteiger partial charge in [-0.1, -0.05) is 0 Å². The molecule has 2 atom stereocenters. The molecule has 0 bridgehead atoms. The van der Waals surface area contributed by atoms with Crippen molar-refractivity contribution >= 4 is 0 Å². The SMILES string of the molecule is CC(C)OCC(O)CN1CCCN(CC(O)COC(C)C)CC1. The van der Waals surface area contributed by atoms with Gasteiger partial charge in [-0.3, -0.25) is 9.80 Å². The van der Waals surface area contributed by atoms with E-state index in [0.29, 0.717) is 26.3 Å². The Morgan fingerprint density at radius 3 is 1.48 bits per heavy atom. The molecule has 0 aliphatic carbocycles. The van der Waals surface area contributed by atoms with Crippen molar-refractivity contribution in [3.63, 3.8) is 0 Å². The van der Waals surface area contributed by atoms with Gasteiger partial charge in [-0.2, -0.15) is 0 Å². The summed E-state index contributed by atoms with van der Waals surface area (Å²) in [4.78, 5) is 4.57. The number of aliphatic hydroxyl groups is 2. The Hall–Kier alpha value is -0.240. The van der Waals surface area contributed by atoms with Gasteiger partial charge >= 0.3 is 0 Å². The van der Waals surface area contributed by atoms with E-state index in [0.717, 1.165) is 32.6 Å². The summed E-state index contributed by atoms with van der Waals surface area (Å²) in [6.45, 7) is 13.8. The Labute approximate surface area is 141 Å². The molecule has 1 rings (SSSR count). The molecule has 1 heterocycles. The first-order chi connectivity index (χ1) is 10.9. The average Bonchev–Trinajstić information content (AvgIpc) is 2.68. The molecule has 1 saturated heterocycles. The van der Waals surface area contributed by atoms with Gasteiger partial charge in [0.15, 0.2) is 0 Å². The maximum atomic E-state index is 10.0. The van der Waals surface area contributed by atoms with Crippen LogP contribution in [0.4, 0.5) is 0 Å².